The number of nitrogens with one attached hydrogen (secondary N) is 1. The second-order valence-electron chi connectivity index (χ2n) is 6.13. The van der Waals surface area contributed by atoms with E-state index in [9.17, 15) is 4.79 Å². The van der Waals surface area contributed by atoms with Gasteiger partial charge in [0.25, 0.3) is 0 Å². The molecule has 1 aromatic rings. The lowest BCUT2D eigenvalue weighted by molar-refractivity contribution is 0.00728. The van der Waals surface area contributed by atoms with Crippen molar-refractivity contribution in [1.82, 2.24) is 4.90 Å². The quantitative estimate of drug-likeness (QED) is 0.833. The normalized spacial score (nSPS) is 21.3. The lowest BCUT2D eigenvalue weighted by Crippen LogP contribution is -2.50. The van der Waals surface area contributed by atoms with Crippen molar-refractivity contribution in [3.63, 3.8) is 0 Å². The fourth-order valence-electron chi connectivity index (χ4n) is 3.15. The van der Waals surface area contributed by atoms with Crippen LogP contribution in [-0.4, -0.2) is 73.0 Å². The molecule has 2 fully saturated rings. The number of urea groups is 1. The van der Waals surface area contributed by atoms with Crippen LogP contribution in [0.3, 0.4) is 0 Å². The molecule has 25 heavy (non-hydrogen) atoms. The zero-order chi connectivity index (χ0) is 17.6. The average molecular weight is 386 g/mol. The van der Waals surface area contributed by atoms with Crippen molar-refractivity contribution in [2.75, 3.05) is 61.2 Å². The monoisotopic (exact) mass is 385 g/mol. The highest BCUT2D eigenvalue weighted by Crippen LogP contribution is 2.30. The van der Waals surface area contributed by atoms with Gasteiger partial charge in [-0.25, -0.2) is 4.79 Å². The number of nitrogens with zero attached hydrogens (tertiary/aromatic N) is 2. The molecule has 2 amide bonds. The molecule has 138 valence electrons. The summed E-state index contributed by atoms with van der Waals surface area (Å²) in [7, 11) is 0. The Kier molecular flexibility index (Phi) is 6.70. The van der Waals surface area contributed by atoms with Crippen molar-refractivity contribution in [3.05, 3.63) is 23.2 Å². The average Bonchev–Trinajstić information content (AvgIpc) is 2.63. The third kappa shape index (κ3) is 4.73. The minimum Gasteiger partial charge on any atom is -0.396 e. The van der Waals surface area contributed by atoms with Gasteiger partial charge in [0.05, 0.1) is 30.0 Å². The van der Waals surface area contributed by atoms with Gasteiger partial charge in [-0.2, -0.15) is 11.8 Å². The highest BCUT2D eigenvalue weighted by atomic mass is 35.5. The number of carbonyl (C=O) groups excluding carboxylic acids is 1. The number of aliphatic hydroxyl groups excluding tert-OH is 1. The van der Waals surface area contributed by atoms with Crippen molar-refractivity contribution in [1.29, 1.82) is 0 Å². The molecule has 2 N–H and O–H groups in total. The Labute approximate surface area is 157 Å². The molecule has 0 unspecified atom stereocenters. The van der Waals surface area contributed by atoms with Crippen LogP contribution in [0.5, 0.6) is 0 Å². The number of anilines is 2. The summed E-state index contributed by atoms with van der Waals surface area (Å²) >= 11 is 8.40. The van der Waals surface area contributed by atoms with Crippen molar-refractivity contribution < 1.29 is 14.6 Å². The van der Waals surface area contributed by atoms with Crippen LogP contribution < -0.4 is 10.2 Å². The lowest BCUT2D eigenvalue weighted by atomic mass is 10.2. The topological polar surface area (TPSA) is 65.0 Å². The number of hydrogen-bond acceptors (Lipinski definition) is 5. The first kappa shape index (κ1) is 18.6. The summed E-state index contributed by atoms with van der Waals surface area (Å²) in [6, 6.07) is 5.39. The third-order valence-corrected chi connectivity index (χ3v) is 5.75. The number of thioether (sulfide) groups is 1. The number of amides is 2. The summed E-state index contributed by atoms with van der Waals surface area (Å²) in [6.07, 6.45) is 0.514. The van der Waals surface area contributed by atoms with Crippen molar-refractivity contribution >= 4 is 40.8 Å². The number of ether oxygens (including phenoxy) is 1. The van der Waals surface area contributed by atoms with Gasteiger partial charge in [0, 0.05) is 43.4 Å². The third-order valence-electron chi connectivity index (χ3n) is 4.50. The van der Waals surface area contributed by atoms with E-state index in [4.69, 9.17) is 21.4 Å². The second kappa shape index (κ2) is 8.98. The van der Waals surface area contributed by atoms with E-state index >= 15 is 0 Å². The number of aliphatic hydroxyl groups is 1. The molecular weight excluding hydrogens is 362 g/mol. The lowest BCUT2D eigenvalue weighted by Gasteiger charge is -2.35. The molecule has 2 heterocycles. The maximum atomic E-state index is 12.6. The van der Waals surface area contributed by atoms with E-state index in [0.29, 0.717) is 36.9 Å². The molecule has 2 saturated heterocycles. The molecule has 0 saturated carbocycles. The highest BCUT2D eigenvalue weighted by Gasteiger charge is 2.27. The Morgan fingerprint density at radius 3 is 2.88 bits per heavy atom. The van der Waals surface area contributed by atoms with Gasteiger partial charge in [-0.15, -0.1) is 0 Å². The summed E-state index contributed by atoms with van der Waals surface area (Å²) in [5.74, 6) is 2.22. The van der Waals surface area contributed by atoms with Crippen LogP contribution in [0.15, 0.2) is 18.2 Å². The number of benzene rings is 1. The van der Waals surface area contributed by atoms with Gasteiger partial charge in [-0.05, 0) is 24.6 Å². The molecule has 0 radical (unpaired) electrons. The van der Waals surface area contributed by atoms with E-state index in [1.54, 1.807) is 11.0 Å². The molecule has 1 atom stereocenters. The van der Waals surface area contributed by atoms with Crippen LogP contribution in [0.4, 0.5) is 16.2 Å². The van der Waals surface area contributed by atoms with Gasteiger partial charge in [-0.1, -0.05) is 11.6 Å². The SMILES string of the molecule is O=C(Nc1ccc(N2CCSCC2)c(Cl)c1)N1CCOC[C@H]1CCO. The summed E-state index contributed by atoms with van der Waals surface area (Å²) in [5, 5.41) is 12.7. The van der Waals surface area contributed by atoms with Gasteiger partial charge in [0.15, 0.2) is 0 Å². The summed E-state index contributed by atoms with van der Waals surface area (Å²) < 4.78 is 5.41. The Morgan fingerprint density at radius 2 is 2.16 bits per heavy atom. The fourth-order valence-corrected chi connectivity index (χ4v) is 4.35. The van der Waals surface area contributed by atoms with Crippen molar-refractivity contribution in [2.24, 2.45) is 0 Å². The Bertz CT molecular complexity index is 597. The van der Waals surface area contributed by atoms with Crippen molar-refractivity contribution in [3.8, 4) is 0 Å². The van der Waals surface area contributed by atoms with E-state index < -0.39 is 0 Å². The van der Waals surface area contributed by atoms with E-state index in [1.807, 2.05) is 23.9 Å². The number of rotatable bonds is 4. The maximum Gasteiger partial charge on any atom is 0.322 e. The van der Waals surface area contributed by atoms with E-state index in [-0.39, 0.29) is 18.7 Å². The van der Waals surface area contributed by atoms with Gasteiger partial charge in [0.2, 0.25) is 0 Å². The minimum atomic E-state index is -0.181. The predicted molar refractivity (Wildman–Crippen MR) is 103 cm³/mol. The summed E-state index contributed by atoms with van der Waals surface area (Å²) in [5.41, 5.74) is 1.70. The van der Waals surface area contributed by atoms with Crippen LogP contribution >= 0.6 is 23.4 Å². The second-order valence-corrected chi connectivity index (χ2v) is 7.76. The zero-order valence-corrected chi connectivity index (χ0v) is 15.7. The van der Waals surface area contributed by atoms with Crippen LogP contribution in [-0.2, 0) is 4.74 Å². The number of halogens is 1. The van der Waals surface area contributed by atoms with Crippen LogP contribution in [0.25, 0.3) is 0 Å². The largest absolute Gasteiger partial charge is 0.396 e. The first-order valence-corrected chi connectivity index (χ1v) is 10.1. The van der Waals surface area contributed by atoms with E-state index in [2.05, 4.69) is 10.2 Å². The molecule has 0 aromatic heterocycles. The Hall–Kier alpha value is -1.15. The zero-order valence-electron chi connectivity index (χ0n) is 14.1. The Balaban J connectivity index is 1.65. The molecular formula is C17H24ClN3O3S. The first-order chi connectivity index (χ1) is 12.2. The number of hydrogen-bond donors (Lipinski definition) is 2. The molecule has 8 heteroatoms. The number of carbonyl (C=O) groups is 1. The summed E-state index contributed by atoms with van der Waals surface area (Å²) in [6.45, 7) is 3.52. The maximum absolute atomic E-state index is 12.6. The van der Waals surface area contributed by atoms with Crippen LogP contribution in [0.2, 0.25) is 5.02 Å². The van der Waals surface area contributed by atoms with Gasteiger partial charge in [-0.3, -0.25) is 0 Å². The first-order valence-electron chi connectivity index (χ1n) is 8.57. The molecule has 0 spiro atoms. The Morgan fingerprint density at radius 1 is 1.36 bits per heavy atom. The fraction of sp³-hybridized carbons (Fsp3) is 0.588. The molecule has 1 aromatic carbocycles. The van der Waals surface area contributed by atoms with E-state index in [0.717, 1.165) is 30.3 Å². The smallest absolute Gasteiger partial charge is 0.322 e. The van der Waals surface area contributed by atoms with Crippen LogP contribution in [0, 0.1) is 0 Å². The molecule has 3 rings (SSSR count). The van der Waals surface area contributed by atoms with Crippen molar-refractivity contribution in [2.45, 2.75) is 12.5 Å². The minimum absolute atomic E-state index is 0.0342. The predicted octanol–water partition coefficient (Wildman–Crippen LogP) is 2.51. The van der Waals surface area contributed by atoms with E-state index in [1.165, 1.54) is 0 Å². The molecule has 6 nitrogen and oxygen atoms in total. The molecule has 0 bridgehead atoms. The standard InChI is InChI=1S/C17H24ClN3O3S/c18-15-11-13(1-2-16(15)20-5-9-25-10-6-20)19-17(23)21-4-8-24-12-14(21)3-7-22/h1-2,11,14,22H,3-10,12H2,(H,19,23)/t14-/m1/s1. The molecule has 2 aliphatic rings. The van der Waals surface area contributed by atoms with Gasteiger partial charge < -0.3 is 25.0 Å². The van der Waals surface area contributed by atoms with Crippen LogP contribution in [0.1, 0.15) is 6.42 Å². The number of morpholine rings is 1. The summed E-state index contributed by atoms with van der Waals surface area (Å²) in [4.78, 5) is 16.6. The van der Waals surface area contributed by atoms with Gasteiger partial charge in [0.1, 0.15) is 0 Å². The molecule has 0 aliphatic carbocycles. The molecule has 2 aliphatic heterocycles. The highest BCUT2D eigenvalue weighted by molar-refractivity contribution is 7.99. The van der Waals surface area contributed by atoms with Gasteiger partial charge >= 0.3 is 6.03 Å².